The van der Waals surface area contributed by atoms with E-state index < -0.39 is 59.4 Å². The van der Waals surface area contributed by atoms with E-state index in [0.29, 0.717) is 10.9 Å². The highest BCUT2D eigenvalue weighted by Gasteiger charge is 2.45. The van der Waals surface area contributed by atoms with Gasteiger partial charge in [-0.25, -0.2) is 28.5 Å². The minimum Gasteiger partial charge on any atom is -0.467 e. The van der Waals surface area contributed by atoms with E-state index in [2.05, 4.69) is 20.3 Å². The summed E-state index contributed by atoms with van der Waals surface area (Å²) in [6.45, 7) is 0.619. The topological polar surface area (TPSA) is 151 Å². The smallest absolute Gasteiger partial charge is 0.411 e. The number of hydrogen-bond acceptors (Lipinski definition) is 10. The molecule has 0 radical (unpaired) electrons. The van der Waals surface area contributed by atoms with Crippen LogP contribution in [0.2, 0.25) is 0 Å². The molecule has 3 aromatic heterocycles. The van der Waals surface area contributed by atoms with E-state index in [-0.39, 0.29) is 53.2 Å². The summed E-state index contributed by atoms with van der Waals surface area (Å²) in [5.74, 6) is -2.95. The first-order chi connectivity index (χ1) is 23.8. The predicted octanol–water partition coefficient (Wildman–Crippen LogP) is 2.76. The fourth-order valence-corrected chi connectivity index (χ4v) is 6.10. The van der Waals surface area contributed by atoms with Crippen LogP contribution in [0, 0.1) is 12.7 Å². The number of rotatable bonds is 7. The first-order valence-corrected chi connectivity index (χ1v) is 15.2. The maximum atomic E-state index is 15.5. The molecule has 6 rings (SSSR count). The lowest BCUT2D eigenvalue weighted by Crippen LogP contribution is -2.53. The van der Waals surface area contributed by atoms with Gasteiger partial charge >= 0.3 is 17.8 Å². The molecule has 1 N–H and O–H groups in total. The zero-order chi connectivity index (χ0) is 35.9. The maximum absolute atomic E-state index is 15.5. The molecule has 2 aromatic carbocycles. The zero-order valence-corrected chi connectivity index (χ0v) is 26.8. The quantitative estimate of drug-likeness (QED) is 0.199. The first kappa shape index (κ1) is 34.2. The van der Waals surface area contributed by atoms with Crippen LogP contribution in [-0.2, 0) is 27.7 Å². The summed E-state index contributed by atoms with van der Waals surface area (Å²) < 4.78 is 68.5. The maximum Gasteiger partial charge on any atom is 0.411 e. The monoisotopic (exact) mass is 695 g/mol. The molecule has 1 saturated heterocycles. The number of aryl methyl sites for hydroxylation is 2. The summed E-state index contributed by atoms with van der Waals surface area (Å²) in [5.41, 5.74) is -1.05. The molecule has 0 bridgehead atoms. The summed E-state index contributed by atoms with van der Waals surface area (Å²) in [7, 11) is 2.55. The number of pyridine rings is 1. The Morgan fingerprint density at radius 3 is 2.54 bits per heavy atom. The number of anilines is 1. The van der Waals surface area contributed by atoms with Gasteiger partial charge in [-0.3, -0.25) is 19.1 Å². The molecule has 2 unspecified atom stereocenters. The molecule has 5 aromatic rings. The lowest BCUT2D eigenvalue weighted by atomic mass is 9.99. The number of amides is 1. The van der Waals surface area contributed by atoms with Crippen molar-refractivity contribution < 1.29 is 36.6 Å². The highest BCUT2D eigenvalue weighted by atomic mass is 19.4. The molecule has 1 amide bonds. The molecular weight excluding hydrogens is 666 g/mol. The summed E-state index contributed by atoms with van der Waals surface area (Å²) in [4.78, 5) is 66.8. The van der Waals surface area contributed by atoms with Crippen LogP contribution in [0.3, 0.4) is 0 Å². The molecule has 260 valence electrons. The number of benzene rings is 2. The van der Waals surface area contributed by atoms with Crippen LogP contribution in [0.4, 0.5) is 23.2 Å². The number of carbonyl (C=O) groups excluding carboxylic acids is 2. The molecule has 4 heterocycles. The van der Waals surface area contributed by atoms with E-state index in [4.69, 9.17) is 9.47 Å². The number of hydrogen-bond donors (Lipinski definition) is 1. The summed E-state index contributed by atoms with van der Waals surface area (Å²) in [5, 5.41) is 2.92. The fourth-order valence-electron chi connectivity index (χ4n) is 6.10. The number of morpholine rings is 1. The molecule has 1 aliphatic rings. The third-order valence-electron chi connectivity index (χ3n) is 8.51. The molecule has 1 fully saturated rings. The molecule has 0 saturated carbocycles. The first-order valence-electron chi connectivity index (χ1n) is 15.2. The van der Waals surface area contributed by atoms with Crippen molar-refractivity contribution in [1.29, 1.82) is 0 Å². The van der Waals surface area contributed by atoms with Gasteiger partial charge in [-0.1, -0.05) is 12.1 Å². The van der Waals surface area contributed by atoms with E-state index >= 15 is 4.39 Å². The van der Waals surface area contributed by atoms with Crippen LogP contribution in [0.5, 0.6) is 0 Å². The van der Waals surface area contributed by atoms with Crippen molar-refractivity contribution in [3.8, 4) is 5.69 Å². The Morgan fingerprint density at radius 1 is 1.08 bits per heavy atom. The van der Waals surface area contributed by atoms with Gasteiger partial charge in [-0.2, -0.15) is 13.2 Å². The highest BCUT2D eigenvalue weighted by molar-refractivity contribution is 5.99. The number of halogens is 4. The standard InChI is InChI=1S/C33H29F4N7O6/c1-17-13-19(43-11-12-50-16-24(43)33(35,36)37)15-21(34)25(17)29(45)41-22(31(47)49-3)14-18-6-7-23(26-20(18)5-4-8-38-26)44-30(46)27-28(40-10-9-39-27)42(2)32(44)48/h4-10,13,15,22,24H,11-12,14,16H2,1-3H3,(H,41,45). The van der Waals surface area contributed by atoms with Gasteiger partial charge in [0.25, 0.3) is 11.5 Å². The van der Waals surface area contributed by atoms with E-state index in [1.807, 2.05) is 0 Å². The van der Waals surface area contributed by atoms with E-state index in [1.54, 1.807) is 18.2 Å². The van der Waals surface area contributed by atoms with Crippen LogP contribution in [0.1, 0.15) is 21.5 Å². The molecule has 17 heteroatoms. The van der Waals surface area contributed by atoms with Gasteiger partial charge < -0.3 is 19.7 Å². The van der Waals surface area contributed by atoms with Crippen LogP contribution >= 0.6 is 0 Å². The highest BCUT2D eigenvalue weighted by Crippen LogP contribution is 2.33. The van der Waals surface area contributed by atoms with E-state index in [9.17, 15) is 32.3 Å². The second-order valence-electron chi connectivity index (χ2n) is 11.6. The molecule has 2 atom stereocenters. The van der Waals surface area contributed by atoms with Crippen LogP contribution < -0.4 is 21.5 Å². The molecule has 1 aliphatic heterocycles. The van der Waals surface area contributed by atoms with Crippen LogP contribution in [-0.4, -0.2) is 81.1 Å². The number of nitrogens with zero attached hydrogens (tertiary/aromatic N) is 6. The van der Waals surface area contributed by atoms with E-state index in [1.165, 1.54) is 49.3 Å². The number of carbonyl (C=O) groups is 2. The largest absolute Gasteiger partial charge is 0.467 e. The zero-order valence-electron chi connectivity index (χ0n) is 26.8. The van der Waals surface area contributed by atoms with Crippen LogP contribution in [0.15, 0.2) is 64.6 Å². The van der Waals surface area contributed by atoms with Gasteiger partial charge in [0.15, 0.2) is 11.2 Å². The summed E-state index contributed by atoms with van der Waals surface area (Å²) in [6.07, 6.45) is -0.682. The normalized spacial score (nSPS) is 15.7. The molecule has 0 aliphatic carbocycles. The Hall–Kier alpha value is -5.71. The number of esters is 1. The van der Waals surface area contributed by atoms with Gasteiger partial charge in [-0.05, 0) is 42.3 Å². The van der Waals surface area contributed by atoms with Gasteiger partial charge in [-0.15, -0.1) is 0 Å². The number of ether oxygens (including phenoxy) is 2. The van der Waals surface area contributed by atoms with Crippen molar-refractivity contribution in [3.05, 3.63) is 98.3 Å². The minimum atomic E-state index is -4.64. The number of nitrogens with one attached hydrogen (secondary N) is 1. The second-order valence-corrected chi connectivity index (χ2v) is 11.6. The Balaban J connectivity index is 1.34. The predicted molar refractivity (Wildman–Crippen MR) is 172 cm³/mol. The lowest BCUT2D eigenvalue weighted by Gasteiger charge is -2.38. The molecule has 13 nitrogen and oxygen atoms in total. The molecular formula is C33H29F4N7O6. The molecule has 50 heavy (non-hydrogen) atoms. The summed E-state index contributed by atoms with van der Waals surface area (Å²) in [6, 6.07) is 5.04. The van der Waals surface area contributed by atoms with Crippen molar-refractivity contribution >= 4 is 39.6 Å². The Bertz CT molecular complexity index is 2250. The lowest BCUT2D eigenvalue weighted by molar-refractivity contribution is -0.167. The Morgan fingerprint density at radius 2 is 1.82 bits per heavy atom. The number of fused-ring (bicyclic) bond motifs is 2. The SMILES string of the molecule is COC(=O)C(Cc1ccc(-n2c(=O)c3nccnc3n(C)c2=O)c2ncccc12)NC(=O)c1c(C)cc(N2CCOCC2C(F)(F)F)cc1F. The summed E-state index contributed by atoms with van der Waals surface area (Å²) >= 11 is 0. The van der Waals surface area contributed by atoms with Gasteiger partial charge in [0.05, 0.1) is 37.1 Å². The van der Waals surface area contributed by atoms with E-state index in [0.717, 1.165) is 22.6 Å². The second kappa shape index (κ2) is 13.3. The Labute approximate surface area is 280 Å². The van der Waals surface area contributed by atoms with Crippen molar-refractivity contribution in [1.82, 2.24) is 29.4 Å². The van der Waals surface area contributed by atoms with Crippen molar-refractivity contribution in [2.24, 2.45) is 7.05 Å². The van der Waals surface area contributed by atoms with Crippen molar-refractivity contribution in [2.75, 3.05) is 31.8 Å². The minimum absolute atomic E-state index is 0.00577. The van der Waals surface area contributed by atoms with Gasteiger partial charge in [0.2, 0.25) is 0 Å². The fraction of sp³-hybridized carbons (Fsp3) is 0.303. The third kappa shape index (κ3) is 6.15. The van der Waals surface area contributed by atoms with Crippen LogP contribution in [0.25, 0.3) is 27.8 Å². The molecule has 0 spiro atoms. The van der Waals surface area contributed by atoms with Gasteiger partial charge in [0, 0.05) is 49.7 Å². The average Bonchev–Trinajstić information content (AvgIpc) is 3.10. The van der Waals surface area contributed by atoms with Crippen molar-refractivity contribution in [2.45, 2.75) is 31.6 Å². The average molecular weight is 696 g/mol. The number of methoxy groups -OCH3 is 1. The van der Waals surface area contributed by atoms with Crippen molar-refractivity contribution in [3.63, 3.8) is 0 Å². The number of alkyl halides is 3. The van der Waals surface area contributed by atoms with Gasteiger partial charge in [0.1, 0.15) is 17.9 Å². The third-order valence-corrected chi connectivity index (χ3v) is 8.51. The number of aromatic nitrogens is 5. The Kier molecular flexibility index (Phi) is 9.09.